The second-order valence-electron chi connectivity index (χ2n) is 3.62. The van der Waals surface area contributed by atoms with Crippen molar-refractivity contribution in [1.82, 2.24) is 0 Å². The molecule has 0 fully saturated rings. The normalized spacial score (nSPS) is 24.8. The Labute approximate surface area is 79.8 Å². The van der Waals surface area contributed by atoms with E-state index in [2.05, 4.69) is 25.2 Å². The Morgan fingerprint density at radius 3 is 3.15 bits per heavy atom. The predicted octanol–water partition coefficient (Wildman–Crippen LogP) is 3.15. The Bertz CT molecular complexity index is 294. The lowest BCUT2D eigenvalue weighted by Gasteiger charge is -2.04. The molecule has 0 aromatic rings. The highest BCUT2D eigenvalue weighted by molar-refractivity contribution is 5.45. The van der Waals surface area contributed by atoms with Gasteiger partial charge in [-0.25, -0.2) is 0 Å². The van der Waals surface area contributed by atoms with E-state index < -0.39 is 0 Å². The van der Waals surface area contributed by atoms with Crippen LogP contribution in [0.3, 0.4) is 0 Å². The summed E-state index contributed by atoms with van der Waals surface area (Å²) in [5.74, 6) is 0.929. The van der Waals surface area contributed by atoms with Crippen molar-refractivity contribution >= 4 is 0 Å². The molecule has 1 heteroatoms. The van der Waals surface area contributed by atoms with E-state index in [-0.39, 0.29) is 6.10 Å². The second-order valence-corrected chi connectivity index (χ2v) is 3.62. The van der Waals surface area contributed by atoms with Gasteiger partial charge in [0.1, 0.15) is 11.9 Å². The first kappa shape index (κ1) is 8.61. The molecular formula is C12H15O. The van der Waals surface area contributed by atoms with Gasteiger partial charge in [0.15, 0.2) is 0 Å². The van der Waals surface area contributed by atoms with Gasteiger partial charge in [-0.05, 0) is 31.4 Å². The highest BCUT2D eigenvalue weighted by atomic mass is 16.5. The van der Waals surface area contributed by atoms with Gasteiger partial charge in [0, 0.05) is 11.6 Å². The van der Waals surface area contributed by atoms with Crippen LogP contribution in [0.25, 0.3) is 0 Å². The fraction of sp³-hybridized carbons (Fsp3) is 0.500. The van der Waals surface area contributed by atoms with Crippen LogP contribution in [-0.2, 0) is 4.74 Å². The summed E-state index contributed by atoms with van der Waals surface area (Å²) >= 11 is 0. The highest BCUT2D eigenvalue weighted by Gasteiger charge is 2.25. The molecule has 0 bridgehead atoms. The van der Waals surface area contributed by atoms with E-state index in [0.717, 1.165) is 5.76 Å². The molecule has 0 aromatic heterocycles. The largest absolute Gasteiger partial charge is 0.486 e. The molecule has 0 N–H and O–H groups in total. The minimum Gasteiger partial charge on any atom is -0.486 e. The summed E-state index contributed by atoms with van der Waals surface area (Å²) in [4.78, 5) is 0. The van der Waals surface area contributed by atoms with E-state index in [1.54, 1.807) is 0 Å². The minimum absolute atomic E-state index is 0.187. The van der Waals surface area contributed by atoms with Crippen molar-refractivity contribution < 1.29 is 4.74 Å². The van der Waals surface area contributed by atoms with Crippen molar-refractivity contribution in [3.63, 3.8) is 0 Å². The number of ether oxygens (including phenoxy) is 1. The molecule has 2 aliphatic rings. The van der Waals surface area contributed by atoms with Crippen molar-refractivity contribution in [1.29, 1.82) is 0 Å². The maximum atomic E-state index is 5.56. The molecule has 69 valence electrons. The molecule has 1 aliphatic carbocycles. The second kappa shape index (κ2) is 3.41. The Kier molecular flexibility index (Phi) is 2.26. The Hall–Kier alpha value is -0.980. The minimum atomic E-state index is 0.187. The average Bonchev–Trinajstić information content (AvgIpc) is 2.61. The van der Waals surface area contributed by atoms with Crippen LogP contribution in [0, 0.1) is 6.08 Å². The van der Waals surface area contributed by atoms with Gasteiger partial charge in [-0.2, -0.15) is 0 Å². The SMILES string of the molecule is CCCCC1=C2[C]=C(C)OC2C=C1. The van der Waals surface area contributed by atoms with Crippen LogP contribution >= 0.6 is 0 Å². The lowest BCUT2D eigenvalue weighted by atomic mass is 10.0. The molecular weight excluding hydrogens is 160 g/mol. The molecule has 0 amide bonds. The van der Waals surface area contributed by atoms with Crippen molar-refractivity contribution in [3.8, 4) is 0 Å². The molecule has 1 atom stereocenters. The zero-order chi connectivity index (χ0) is 9.26. The topological polar surface area (TPSA) is 9.23 Å². The summed E-state index contributed by atoms with van der Waals surface area (Å²) in [7, 11) is 0. The quantitative estimate of drug-likeness (QED) is 0.640. The molecule has 0 aromatic carbocycles. The van der Waals surface area contributed by atoms with Gasteiger partial charge in [-0.1, -0.05) is 19.4 Å². The third-order valence-electron chi connectivity index (χ3n) is 2.52. The van der Waals surface area contributed by atoms with Crippen LogP contribution in [0.15, 0.2) is 29.1 Å². The van der Waals surface area contributed by atoms with Gasteiger partial charge < -0.3 is 4.74 Å². The zero-order valence-electron chi connectivity index (χ0n) is 8.26. The first-order valence-corrected chi connectivity index (χ1v) is 4.99. The predicted molar refractivity (Wildman–Crippen MR) is 53.0 cm³/mol. The standard InChI is InChI=1S/C12H15O/c1-3-4-5-10-6-7-12-11(10)8-9(2)13-12/h6-7,12H,3-5H2,1-2H3. The Morgan fingerprint density at radius 1 is 1.54 bits per heavy atom. The lowest BCUT2D eigenvalue weighted by Crippen LogP contribution is -2.01. The number of rotatable bonds is 3. The van der Waals surface area contributed by atoms with Crippen LogP contribution in [0.4, 0.5) is 0 Å². The van der Waals surface area contributed by atoms with E-state index in [4.69, 9.17) is 4.74 Å². The molecule has 1 radical (unpaired) electrons. The van der Waals surface area contributed by atoms with E-state index in [9.17, 15) is 0 Å². The van der Waals surface area contributed by atoms with E-state index in [1.807, 2.05) is 6.92 Å². The smallest absolute Gasteiger partial charge is 0.143 e. The van der Waals surface area contributed by atoms with Gasteiger partial charge in [-0.3, -0.25) is 0 Å². The number of hydrogen-bond donors (Lipinski definition) is 0. The van der Waals surface area contributed by atoms with Gasteiger partial charge >= 0.3 is 0 Å². The molecule has 2 rings (SSSR count). The highest BCUT2D eigenvalue weighted by Crippen LogP contribution is 2.32. The monoisotopic (exact) mass is 175 g/mol. The molecule has 1 nitrogen and oxygen atoms in total. The van der Waals surface area contributed by atoms with Gasteiger partial charge in [0.25, 0.3) is 0 Å². The van der Waals surface area contributed by atoms with Crippen molar-refractivity contribution in [2.45, 2.75) is 39.2 Å². The van der Waals surface area contributed by atoms with Crippen LogP contribution in [-0.4, -0.2) is 6.10 Å². The molecule has 0 saturated heterocycles. The first-order chi connectivity index (χ1) is 6.31. The lowest BCUT2D eigenvalue weighted by molar-refractivity contribution is 0.207. The van der Waals surface area contributed by atoms with Crippen molar-refractivity contribution in [3.05, 3.63) is 35.1 Å². The number of allylic oxidation sites excluding steroid dienone is 3. The van der Waals surface area contributed by atoms with E-state index in [0.29, 0.717) is 0 Å². The maximum Gasteiger partial charge on any atom is 0.143 e. The summed E-state index contributed by atoms with van der Waals surface area (Å²) < 4.78 is 5.56. The summed E-state index contributed by atoms with van der Waals surface area (Å²) in [5, 5.41) is 0. The number of fused-ring (bicyclic) bond motifs is 1. The van der Waals surface area contributed by atoms with Crippen LogP contribution in [0.5, 0.6) is 0 Å². The average molecular weight is 175 g/mol. The van der Waals surface area contributed by atoms with Crippen LogP contribution in [0.2, 0.25) is 0 Å². The van der Waals surface area contributed by atoms with E-state index >= 15 is 0 Å². The molecule has 1 unspecified atom stereocenters. The first-order valence-electron chi connectivity index (χ1n) is 4.99. The molecule has 1 aliphatic heterocycles. The molecule has 0 saturated carbocycles. The summed E-state index contributed by atoms with van der Waals surface area (Å²) in [6.45, 7) is 4.19. The summed E-state index contributed by atoms with van der Waals surface area (Å²) in [6, 6.07) is 0. The summed E-state index contributed by atoms with van der Waals surface area (Å²) in [5.41, 5.74) is 2.69. The molecule has 1 heterocycles. The maximum absolute atomic E-state index is 5.56. The van der Waals surface area contributed by atoms with Crippen molar-refractivity contribution in [2.24, 2.45) is 0 Å². The number of unbranched alkanes of at least 4 members (excludes halogenated alkanes) is 1. The van der Waals surface area contributed by atoms with E-state index in [1.165, 1.54) is 30.4 Å². The van der Waals surface area contributed by atoms with Gasteiger partial charge in [0.05, 0.1) is 0 Å². The fourth-order valence-electron chi connectivity index (χ4n) is 1.82. The fourth-order valence-corrected chi connectivity index (χ4v) is 1.82. The number of hydrogen-bond acceptors (Lipinski definition) is 1. The van der Waals surface area contributed by atoms with Crippen LogP contribution in [0.1, 0.15) is 33.1 Å². The third-order valence-corrected chi connectivity index (χ3v) is 2.52. The Balaban J connectivity index is 2.13. The van der Waals surface area contributed by atoms with Crippen LogP contribution < -0.4 is 0 Å². The van der Waals surface area contributed by atoms with Gasteiger partial charge in [0.2, 0.25) is 0 Å². The van der Waals surface area contributed by atoms with Gasteiger partial charge in [-0.15, -0.1) is 0 Å². The summed E-state index contributed by atoms with van der Waals surface area (Å²) in [6.07, 6.45) is 11.5. The molecule has 13 heavy (non-hydrogen) atoms. The molecule has 0 spiro atoms. The third kappa shape index (κ3) is 1.55. The Morgan fingerprint density at radius 2 is 2.38 bits per heavy atom. The zero-order valence-corrected chi connectivity index (χ0v) is 8.26. The van der Waals surface area contributed by atoms with Crippen molar-refractivity contribution in [2.75, 3.05) is 0 Å².